The molecule has 2 rings (SSSR count). The summed E-state index contributed by atoms with van der Waals surface area (Å²) < 4.78 is 7.14. The van der Waals surface area contributed by atoms with Crippen molar-refractivity contribution in [2.45, 2.75) is 32.1 Å². The fourth-order valence-electron chi connectivity index (χ4n) is 2.00. The molecular weight excluding hydrogens is 254 g/mol. The largest absolute Gasteiger partial charge is 0.349 e. The quantitative estimate of drug-likeness (QED) is 0.847. The Labute approximate surface area is 99.1 Å². The van der Waals surface area contributed by atoms with Gasteiger partial charge in [0.1, 0.15) is 5.72 Å². The van der Waals surface area contributed by atoms with Crippen LogP contribution in [0.1, 0.15) is 26.3 Å². The Morgan fingerprint density at radius 1 is 1.27 bits per heavy atom. The van der Waals surface area contributed by atoms with Crippen LogP contribution in [0, 0.1) is 0 Å². The average molecular weight is 270 g/mol. The van der Waals surface area contributed by atoms with Gasteiger partial charge in [-0.25, -0.2) is 0 Å². The summed E-state index contributed by atoms with van der Waals surface area (Å²) in [4.78, 5) is 0. The van der Waals surface area contributed by atoms with E-state index in [0.717, 1.165) is 16.6 Å². The molecule has 1 N–H and O–H groups in total. The molecule has 1 saturated heterocycles. The Balaban J connectivity index is 2.36. The smallest absolute Gasteiger partial charge is 0.144 e. The third-order valence-electron chi connectivity index (χ3n) is 2.72. The summed E-state index contributed by atoms with van der Waals surface area (Å²) in [5.41, 5.74) is 0.656. The summed E-state index contributed by atoms with van der Waals surface area (Å²) in [6.07, 6.45) is 0. The van der Waals surface area contributed by atoms with Gasteiger partial charge in [-0.3, -0.25) is 5.32 Å². The van der Waals surface area contributed by atoms with E-state index in [1.807, 2.05) is 18.2 Å². The van der Waals surface area contributed by atoms with Gasteiger partial charge < -0.3 is 4.74 Å². The third-order valence-corrected chi connectivity index (χ3v) is 3.41. The monoisotopic (exact) mass is 269 g/mol. The lowest BCUT2D eigenvalue weighted by Gasteiger charge is -2.28. The van der Waals surface area contributed by atoms with Crippen LogP contribution in [0.5, 0.6) is 0 Å². The van der Waals surface area contributed by atoms with Crippen LogP contribution >= 0.6 is 15.9 Å². The van der Waals surface area contributed by atoms with E-state index in [9.17, 15) is 0 Å². The summed E-state index contributed by atoms with van der Waals surface area (Å²) in [5.74, 6) is 0. The molecule has 82 valence electrons. The van der Waals surface area contributed by atoms with Crippen molar-refractivity contribution in [1.29, 1.82) is 0 Å². The van der Waals surface area contributed by atoms with Crippen LogP contribution in [0.25, 0.3) is 0 Å². The first kappa shape index (κ1) is 11.1. The molecule has 1 aromatic rings. The van der Waals surface area contributed by atoms with Crippen LogP contribution in [-0.4, -0.2) is 12.1 Å². The first-order valence-corrected chi connectivity index (χ1v) is 5.92. The SMILES string of the molecule is CC1(C)CNC(C)(c2ccccc2Br)O1. The highest BCUT2D eigenvalue weighted by Gasteiger charge is 2.42. The Morgan fingerprint density at radius 3 is 2.47 bits per heavy atom. The van der Waals surface area contributed by atoms with Gasteiger partial charge in [-0.05, 0) is 26.8 Å². The molecule has 1 atom stereocenters. The van der Waals surface area contributed by atoms with E-state index in [0.29, 0.717) is 0 Å². The van der Waals surface area contributed by atoms with Crippen LogP contribution in [0.2, 0.25) is 0 Å². The molecule has 2 nitrogen and oxygen atoms in total. The molecule has 1 aliphatic rings. The second-order valence-corrected chi connectivity index (χ2v) is 5.58. The first-order chi connectivity index (χ1) is 6.93. The van der Waals surface area contributed by atoms with E-state index >= 15 is 0 Å². The van der Waals surface area contributed by atoms with E-state index in [-0.39, 0.29) is 11.3 Å². The average Bonchev–Trinajstić information content (AvgIpc) is 2.42. The lowest BCUT2D eigenvalue weighted by molar-refractivity contribution is -0.0843. The summed E-state index contributed by atoms with van der Waals surface area (Å²) in [6, 6.07) is 8.16. The molecule has 0 saturated carbocycles. The zero-order chi connectivity index (χ0) is 11.1. The summed E-state index contributed by atoms with van der Waals surface area (Å²) in [6.45, 7) is 7.14. The Morgan fingerprint density at radius 2 is 1.93 bits per heavy atom. The topological polar surface area (TPSA) is 21.3 Å². The van der Waals surface area contributed by atoms with Crippen LogP contribution in [0.15, 0.2) is 28.7 Å². The number of halogens is 1. The molecule has 3 heteroatoms. The molecular formula is C12H16BrNO. The summed E-state index contributed by atoms with van der Waals surface area (Å²) >= 11 is 3.56. The Bertz CT molecular complexity index is 378. The number of hydrogen-bond acceptors (Lipinski definition) is 2. The minimum absolute atomic E-state index is 0.107. The zero-order valence-electron chi connectivity index (χ0n) is 9.30. The Kier molecular flexibility index (Phi) is 2.65. The van der Waals surface area contributed by atoms with E-state index in [4.69, 9.17) is 4.74 Å². The highest BCUT2D eigenvalue weighted by Crippen LogP contribution is 2.36. The second-order valence-electron chi connectivity index (χ2n) is 4.73. The molecule has 0 bridgehead atoms. The van der Waals surface area contributed by atoms with Gasteiger partial charge in [-0.1, -0.05) is 34.1 Å². The maximum absolute atomic E-state index is 6.06. The van der Waals surface area contributed by atoms with E-state index in [2.05, 4.69) is 48.1 Å². The maximum Gasteiger partial charge on any atom is 0.144 e. The van der Waals surface area contributed by atoms with E-state index in [1.165, 1.54) is 0 Å². The fourth-order valence-corrected chi connectivity index (χ4v) is 2.67. The van der Waals surface area contributed by atoms with E-state index < -0.39 is 0 Å². The number of hydrogen-bond donors (Lipinski definition) is 1. The molecule has 1 aliphatic heterocycles. The van der Waals surface area contributed by atoms with Crippen molar-refractivity contribution in [3.8, 4) is 0 Å². The number of nitrogens with one attached hydrogen (secondary N) is 1. The van der Waals surface area contributed by atoms with Crippen LogP contribution in [-0.2, 0) is 10.5 Å². The predicted molar refractivity (Wildman–Crippen MR) is 64.7 cm³/mol. The van der Waals surface area contributed by atoms with Crippen molar-refractivity contribution in [2.75, 3.05) is 6.54 Å². The fraction of sp³-hybridized carbons (Fsp3) is 0.500. The van der Waals surface area contributed by atoms with Crippen LogP contribution in [0.4, 0.5) is 0 Å². The lowest BCUT2D eigenvalue weighted by atomic mass is 10.1. The van der Waals surface area contributed by atoms with Crippen molar-refractivity contribution in [3.63, 3.8) is 0 Å². The zero-order valence-corrected chi connectivity index (χ0v) is 10.9. The molecule has 1 aromatic carbocycles. The van der Waals surface area contributed by atoms with Gasteiger partial charge in [0, 0.05) is 16.6 Å². The molecule has 1 fully saturated rings. The van der Waals surface area contributed by atoms with E-state index in [1.54, 1.807) is 0 Å². The molecule has 0 amide bonds. The second kappa shape index (κ2) is 3.58. The van der Waals surface area contributed by atoms with Crippen molar-refractivity contribution >= 4 is 15.9 Å². The number of rotatable bonds is 1. The highest BCUT2D eigenvalue weighted by atomic mass is 79.9. The molecule has 0 radical (unpaired) electrons. The van der Waals surface area contributed by atoms with Crippen LogP contribution in [0.3, 0.4) is 0 Å². The highest BCUT2D eigenvalue weighted by molar-refractivity contribution is 9.10. The van der Waals surface area contributed by atoms with Crippen molar-refractivity contribution in [2.24, 2.45) is 0 Å². The minimum Gasteiger partial charge on any atom is -0.349 e. The maximum atomic E-state index is 6.06. The van der Waals surface area contributed by atoms with Crippen molar-refractivity contribution in [3.05, 3.63) is 34.3 Å². The van der Waals surface area contributed by atoms with Crippen molar-refractivity contribution < 1.29 is 4.74 Å². The standard InChI is InChI=1S/C12H16BrNO/c1-11(2)8-14-12(3,15-11)9-6-4-5-7-10(9)13/h4-7,14H,8H2,1-3H3. The lowest BCUT2D eigenvalue weighted by Crippen LogP contribution is -2.35. The van der Waals surface area contributed by atoms with Gasteiger partial charge in [-0.15, -0.1) is 0 Å². The molecule has 15 heavy (non-hydrogen) atoms. The summed E-state index contributed by atoms with van der Waals surface area (Å²) in [7, 11) is 0. The van der Waals surface area contributed by atoms with Gasteiger partial charge in [0.2, 0.25) is 0 Å². The third kappa shape index (κ3) is 2.10. The van der Waals surface area contributed by atoms with Gasteiger partial charge >= 0.3 is 0 Å². The summed E-state index contributed by atoms with van der Waals surface area (Å²) in [5, 5.41) is 3.43. The number of ether oxygens (including phenoxy) is 1. The first-order valence-electron chi connectivity index (χ1n) is 5.13. The van der Waals surface area contributed by atoms with Crippen molar-refractivity contribution in [1.82, 2.24) is 5.32 Å². The van der Waals surface area contributed by atoms with Gasteiger partial charge in [0.05, 0.1) is 5.60 Å². The van der Waals surface area contributed by atoms with Crippen LogP contribution < -0.4 is 5.32 Å². The number of benzene rings is 1. The normalized spacial score (nSPS) is 29.3. The molecule has 1 heterocycles. The predicted octanol–water partition coefficient (Wildman–Crippen LogP) is 3.02. The molecule has 0 aromatic heterocycles. The van der Waals surface area contributed by atoms with Gasteiger partial charge in [0.15, 0.2) is 0 Å². The molecule has 0 aliphatic carbocycles. The molecule has 0 spiro atoms. The van der Waals surface area contributed by atoms with Gasteiger partial charge in [-0.2, -0.15) is 0 Å². The Hall–Kier alpha value is -0.380. The minimum atomic E-state index is -0.385. The van der Waals surface area contributed by atoms with Gasteiger partial charge in [0.25, 0.3) is 0 Å². The molecule has 1 unspecified atom stereocenters.